The van der Waals surface area contributed by atoms with Crippen LogP contribution in [0.1, 0.15) is 11.6 Å². The Labute approximate surface area is 88.3 Å². The Kier molecular flexibility index (Phi) is 2.35. The van der Waals surface area contributed by atoms with E-state index in [1.165, 1.54) is 6.07 Å². The summed E-state index contributed by atoms with van der Waals surface area (Å²) in [5.74, 6) is -3.28. The van der Waals surface area contributed by atoms with Crippen LogP contribution in [0.3, 0.4) is 0 Å². The highest BCUT2D eigenvalue weighted by Crippen LogP contribution is 2.29. The second-order valence-electron chi connectivity index (χ2n) is 3.23. The van der Waals surface area contributed by atoms with Crippen LogP contribution in [0.25, 0.3) is 11.0 Å². The van der Waals surface area contributed by atoms with E-state index in [4.69, 9.17) is 15.3 Å². The van der Waals surface area contributed by atoms with Crippen LogP contribution < -0.4 is 5.73 Å². The number of nitrogens with two attached hydrogens (primary N) is 1. The van der Waals surface area contributed by atoms with Gasteiger partial charge in [-0.05, 0) is 6.07 Å². The fourth-order valence-corrected chi connectivity index (χ4v) is 1.53. The van der Waals surface area contributed by atoms with E-state index >= 15 is 0 Å². The van der Waals surface area contributed by atoms with Crippen molar-refractivity contribution in [1.82, 2.24) is 0 Å². The first-order valence-electron chi connectivity index (χ1n) is 4.36. The molecular formula is C10H7F2NO3. The van der Waals surface area contributed by atoms with Gasteiger partial charge in [0.05, 0.1) is 6.26 Å². The van der Waals surface area contributed by atoms with Crippen molar-refractivity contribution in [2.24, 2.45) is 5.73 Å². The molecule has 1 atom stereocenters. The molecule has 2 rings (SSSR count). The zero-order valence-electron chi connectivity index (χ0n) is 7.91. The topological polar surface area (TPSA) is 76.5 Å². The lowest BCUT2D eigenvalue weighted by atomic mass is 10.0. The number of carbonyl (C=O) groups is 1. The van der Waals surface area contributed by atoms with Crippen molar-refractivity contribution in [3.05, 3.63) is 35.6 Å². The normalized spacial score (nSPS) is 12.9. The first-order valence-corrected chi connectivity index (χ1v) is 4.36. The molecule has 6 heteroatoms. The van der Waals surface area contributed by atoms with Gasteiger partial charge in [-0.1, -0.05) is 0 Å². The third kappa shape index (κ3) is 1.43. The van der Waals surface area contributed by atoms with Gasteiger partial charge in [0.25, 0.3) is 0 Å². The van der Waals surface area contributed by atoms with Crippen molar-refractivity contribution in [2.45, 2.75) is 6.04 Å². The molecule has 0 aliphatic rings. The van der Waals surface area contributed by atoms with Crippen molar-refractivity contribution in [1.29, 1.82) is 0 Å². The van der Waals surface area contributed by atoms with Gasteiger partial charge in [0, 0.05) is 17.0 Å². The van der Waals surface area contributed by atoms with E-state index in [0.717, 1.165) is 6.26 Å². The molecule has 4 nitrogen and oxygen atoms in total. The Bertz CT molecular complexity index is 564. The molecule has 84 valence electrons. The summed E-state index contributed by atoms with van der Waals surface area (Å²) in [4.78, 5) is 10.7. The maximum Gasteiger partial charge on any atom is 0.325 e. The Hall–Kier alpha value is -1.95. The predicted molar refractivity (Wildman–Crippen MR) is 50.7 cm³/mol. The lowest BCUT2D eigenvalue weighted by Crippen LogP contribution is -2.22. The van der Waals surface area contributed by atoms with Crippen LogP contribution in [0.15, 0.2) is 22.8 Å². The first-order chi connectivity index (χ1) is 7.52. The molecule has 0 bridgehead atoms. The maximum atomic E-state index is 13.4. The second-order valence-corrected chi connectivity index (χ2v) is 3.23. The Balaban J connectivity index is 2.77. The molecule has 0 aliphatic heterocycles. The van der Waals surface area contributed by atoms with Crippen LogP contribution in [0.2, 0.25) is 0 Å². The minimum atomic E-state index is -1.55. The Morgan fingerprint density at radius 2 is 2.12 bits per heavy atom. The smallest absolute Gasteiger partial charge is 0.325 e. The number of halogens is 2. The molecule has 1 aromatic carbocycles. The SMILES string of the molecule is NC(C(=O)O)c1c(F)cc(F)c2occc12. The fraction of sp³-hybridized carbons (Fsp3) is 0.100. The molecular weight excluding hydrogens is 220 g/mol. The summed E-state index contributed by atoms with van der Waals surface area (Å²) < 4.78 is 31.4. The molecule has 1 unspecified atom stereocenters. The first kappa shape index (κ1) is 10.6. The highest BCUT2D eigenvalue weighted by Gasteiger charge is 2.24. The summed E-state index contributed by atoms with van der Waals surface area (Å²) in [6, 6.07) is 0.282. The molecule has 3 N–H and O–H groups in total. The Morgan fingerprint density at radius 1 is 1.44 bits per heavy atom. The van der Waals surface area contributed by atoms with Crippen LogP contribution in [0.5, 0.6) is 0 Å². The third-order valence-electron chi connectivity index (χ3n) is 2.26. The molecule has 0 spiro atoms. The van der Waals surface area contributed by atoms with Crippen LogP contribution in [0.4, 0.5) is 8.78 Å². The van der Waals surface area contributed by atoms with Gasteiger partial charge in [-0.25, -0.2) is 8.78 Å². The molecule has 2 aromatic rings. The molecule has 1 aromatic heterocycles. The number of carboxylic acid groups (broad SMARTS) is 1. The summed E-state index contributed by atoms with van der Waals surface area (Å²) in [6.45, 7) is 0. The summed E-state index contributed by atoms with van der Waals surface area (Å²) in [5.41, 5.74) is 4.83. The molecule has 0 fully saturated rings. The number of carboxylic acids is 1. The van der Waals surface area contributed by atoms with E-state index in [0.29, 0.717) is 6.07 Å². The van der Waals surface area contributed by atoms with Gasteiger partial charge in [0.15, 0.2) is 11.4 Å². The van der Waals surface area contributed by atoms with Gasteiger partial charge in [-0.15, -0.1) is 0 Å². The van der Waals surface area contributed by atoms with Crippen molar-refractivity contribution < 1.29 is 23.1 Å². The van der Waals surface area contributed by atoms with Crippen LogP contribution in [-0.4, -0.2) is 11.1 Å². The molecule has 0 amide bonds. The number of hydrogen-bond acceptors (Lipinski definition) is 3. The summed E-state index contributed by atoms with van der Waals surface area (Å²) in [6.07, 6.45) is 1.14. The van der Waals surface area contributed by atoms with Crippen LogP contribution in [0, 0.1) is 11.6 Å². The molecule has 0 aliphatic carbocycles. The van der Waals surface area contributed by atoms with E-state index in [1.807, 2.05) is 0 Å². The maximum absolute atomic E-state index is 13.4. The van der Waals surface area contributed by atoms with Gasteiger partial charge in [0.1, 0.15) is 11.9 Å². The van der Waals surface area contributed by atoms with Gasteiger partial charge < -0.3 is 15.3 Å². The van der Waals surface area contributed by atoms with E-state index in [-0.39, 0.29) is 16.5 Å². The monoisotopic (exact) mass is 227 g/mol. The van der Waals surface area contributed by atoms with Crippen molar-refractivity contribution in [3.63, 3.8) is 0 Å². The number of aliphatic carboxylic acids is 1. The van der Waals surface area contributed by atoms with Gasteiger partial charge >= 0.3 is 5.97 Å². The highest BCUT2D eigenvalue weighted by molar-refractivity contribution is 5.88. The van der Waals surface area contributed by atoms with Gasteiger partial charge in [-0.3, -0.25) is 4.79 Å². The van der Waals surface area contributed by atoms with Gasteiger partial charge in [-0.2, -0.15) is 0 Å². The van der Waals surface area contributed by atoms with Crippen molar-refractivity contribution in [2.75, 3.05) is 0 Å². The molecule has 1 heterocycles. The van der Waals surface area contributed by atoms with Crippen LogP contribution in [-0.2, 0) is 4.79 Å². The van der Waals surface area contributed by atoms with Gasteiger partial charge in [0.2, 0.25) is 0 Å². The lowest BCUT2D eigenvalue weighted by Gasteiger charge is -2.09. The average molecular weight is 227 g/mol. The average Bonchev–Trinajstić information content (AvgIpc) is 2.66. The van der Waals surface area contributed by atoms with Crippen molar-refractivity contribution >= 4 is 16.9 Å². The number of hydrogen-bond donors (Lipinski definition) is 2. The van der Waals surface area contributed by atoms with Crippen molar-refractivity contribution in [3.8, 4) is 0 Å². The number of fused-ring (bicyclic) bond motifs is 1. The lowest BCUT2D eigenvalue weighted by molar-refractivity contribution is -0.138. The molecule has 0 saturated heterocycles. The molecule has 0 saturated carbocycles. The highest BCUT2D eigenvalue weighted by atomic mass is 19.1. The van der Waals surface area contributed by atoms with E-state index in [1.54, 1.807) is 0 Å². The summed E-state index contributed by atoms with van der Waals surface area (Å²) >= 11 is 0. The minimum Gasteiger partial charge on any atom is -0.480 e. The predicted octanol–water partition coefficient (Wildman–Crippen LogP) is 1.80. The largest absolute Gasteiger partial charge is 0.480 e. The standard InChI is InChI=1S/C10H7F2NO3/c11-5-3-6(12)9-4(1-2-16-9)7(5)8(13)10(14)15/h1-3,8H,13H2,(H,14,15). The zero-order valence-corrected chi connectivity index (χ0v) is 7.91. The summed E-state index contributed by atoms with van der Waals surface area (Å²) in [5, 5.41) is 8.74. The van der Waals surface area contributed by atoms with E-state index in [9.17, 15) is 13.6 Å². The van der Waals surface area contributed by atoms with E-state index < -0.39 is 23.6 Å². The quantitative estimate of drug-likeness (QED) is 0.820. The molecule has 16 heavy (non-hydrogen) atoms. The molecule has 0 radical (unpaired) electrons. The van der Waals surface area contributed by atoms with Crippen LogP contribution >= 0.6 is 0 Å². The summed E-state index contributed by atoms with van der Waals surface area (Å²) in [7, 11) is 0. The number of furan rings is 1. The minimum absolute atomic E-state index is 0.0346. The number of benzene rings is 1. The zero-order chi connectivity index (χ0) is 11.9. The number of rotatable bonds is 2. The van der Waals surface area contributed by atoms with E-state index in [2.05, 4.69) is 0 Å². The second kappa shape index (κ2) is 3.57. The fourth-order valence-electron chi connectivity index (χ4n) is 1.53. The Morgan fingerprint density at radius 3 is 2.75 bits per heavy atom. The third-order valence-corrected chi connectivity index (χ3v) is 2.26.